The van der Waals surface area contributed by atoms with Gasteiger partial charge < -0.3 is 10.2 Å². The van der Waals surface area contributed by atoms with Gasteiger partial charge in [-0.25, -0.2) is 0 Å². The number of nitrogens with zero attached hydrogens (tertiary/aromatic N) is 3. The lowest BCUT2D eigenvalue weighted by Crippen LogP contribution is -2.54. The third-order valence-electron chi connectivity index (χ3n) is 4.74. The predicted molar refractivity (Wildman–Crippen MR) is 101 cm³/mol. The van der Waals surface area contributed by atoms with Crippen LogP contribution in [-0.2, 0) is 15.8 Å². The third-order valence-corrected chi connectivity index (χ3v) is 4.97. The van der Waals surface area contributed by atoms with Gasteiger partial charge in [-0.15, -0.1) is 0 Å². The number of halogens is 4. The van der Waals surface area contributed by atoms with Crippen molar-refractivity contribution in [3.8, 4) is 0 Å². The number of nitrogens with one attached hydrogen (secondary N) is 1. The lowest BCUT2D eigenvalue weighted by molar-refractivity contribution is -0.137. The maximum Gasteiger partial charge on any atom is 0.418 e. The van der Waals surface area contributed by atoms with Crippen LogP contribution in [0.3, 0.4) is 0 Å². The summed E-state index contributed by atoms with van der Waals surface area (Å²) < 4.78 is 39.5. The Kier molecular flexibility index (Phi) is 7.30. The summed E-state index contributed by atoms with van der Waals surface area (Å²) >= 11 is 5.66. The Morgan fingerprint density at radius 2 is 1.82 bits per heavy atom. The molecule has 1 heterocycles. The number of anilines is 1. The molecule has 1 saturated heterocycles. The smallest absolute Gasteiger partial charge is 0.348 e. The summed E-state index contributed by atoms with van der Waals surface area (Å²) in [6.07, 6.45) is -4.62. The van der Waals surface area contributed by atoms with Gasteiger partial charge in [0.2, 0.25) is 11.8 Å². The van der Waals surface area contributed by atoms with Gasteiger partial charge in [-0.05, 0) is 25.1 Å². The molecule has 1 aromatic rings. The summed E-state index contributed by atoms with van der Waals surface area (Å²) in [5, 5.41) is 2.31. The zero-order chi connectivity index (χ0) is 21.1. The molecule has 0 aliphatic carbocycles. The van der Waals surface area contributed by atoms with Crippen molar-refractivity contribution in [2.24, 2.45) is 0 Å². The Hall–Kier alpha value is -1.84. The first-order valence-electron chi connectivity index (χ1n) is 8.83. The zero-order valence-electron chi connectivity index (χ0n) is 16.0. The maximum absolute atomic E-state index is 13.2. The molecule has 0 spiro atoms. The largest absolute Gasteiger partial charge is 0.418 e. The summed E-state index contributed by atoms with van der Waals surface area (Å²) in [6, 6.07) is 2.64. The first kappa shape index (κ1) is 22.4. The number of benzene rings is 1. The number of hydrogen-bond donors (Lipinski definition) is 1. The van der Waals surface area contributed by atoms with E-state index >= 15 is 0 Å². The molecule has 0 bridgehead atoms. The molecule has 1 N–H and O–H groups in total. The Bertz CT molecular complexity index is 719. The Labute approximate surface area is 167 Å². The fraction of sp³-hybridized carbons (Fsp3) is 0.556. The van der Waals surface area contributed by atoms with Crippen LogP contribution in [0.2, 0.25) is 5.02 Å². The summed E-state index contributed by atoms with van der Waals surface area (Å²) in [6.45, 7) is 4.25. The van der Waals surface area contributed by atoms with Gasteiger partial charge in [0, 0.05) is 45.3 Å². The van der Waals surface area contributed by atoms with E-state index in [-0.39, 0.29) is 16.6 Å². The number of amides is 2. The highest BCUT2D eigenvalue weighted by Gasteiger charge is 2.35. The maximum atomic E-state index is 13.2. The van der Waals surface area contributed by atoms with Crippen LogP contribution in [0.4, 0.5) is 18.9 Å². The Balaban J connectivity index is 1.97. The van der Waals surface area contributed by atoms with Crippen LogP contribution < -0.4 is 5.32 Å². The topological polar surface area (TPSA) is 55.9 Å². The summed E-state index contributed by atoms with van der Waals surface area (Å²) in [4.78, 5) is 29.7. The van der Waals surface area contributed by atoms with Crippen LogP contribution in [0.15, 0.2) is 18.2 Å². The van der Waals surface area contributed by atoms with E-state index in [4.69, 9.17) is 11.6 Å². The molecule has 2 rings (SSSR count). The molecule has 0 unspecified atom stereocenters. The van der Waals surface area contributed by atoms with Crippen LogP contribution >= 0.6 is 11.6 Å². The van der Waals surface area contributed by atoms with Crippen LogP contribution in [0.5, 0.6) is 0 Å². The molecular weight excluding hydrogens is 397 g/mol. The zero-order valence-corrected chi connectivity index (χ0v) is 16.8. The van der Waals surface area contributed by atoms with E-state index in [1.807, 2.05) is 9.80 Å². The van der Waals surface area contributed by atoms with E-state index in [9.17, 15) is 22.8 Å². The monoisotopic (exact) mass is 420 g/mol. The molecule has 10 heteroatoms. The molecule has 28 heavy (non-hydrogen) atoms. The summed E-state index contributed by atoms with van der Waals surface area (Å²) in [5.41, 5.74) is -1.29. The highest BCUT2D eigenvalue weighted by molar-refractivity contribution is 6.30. The predicted octanol–water partition coefficient (Wildman–Crippen LogP) is 2.39. The normalized spacial score (nSPS) is 17.2. The fourth-order valence-electron chi connectivity index (χ4n) is 2.90. The molecule has 6 nitrogen and oxygen atoms in total. The second-order valence-corrected chi connectivity index (χ2v) is 7.39. The Morgan fingerprint density at radius 3 is 2.36 bits per heavy atom. The van der Waals surface area contributed by atoms with Crippen molar-refractivity contribution in [3.63, 3.8) is 0 Å². The minimum Gasteiger partial charge on any atom is -0.348 e. The van der Waals surface area contributed by atoms with E-state index in [1.54, 1.807) is 21.0 Å². The van der Waals surface area contributed by atoms with Gasteiger partial charge >= 0.3 is 6.18 Å². The quantitative estimate of drug-likeness (QED) is 0.794. The van der Waals surface area contributed by atoms with Crippen molar-refractivity contribution in [2.75, 3.05) is 52.1 Å². The molecule has 156 valence electrons. The second-order valence-electron chi connectivity index (χ2n) is 6.95. The highest BCUT2D eigenvalue weighted by atomic mass is 35.5. The van der Waals surface area contributed by atoms with Crippen molar-refractivity contribution in [1.82, 2.24) is 14.7 Å². The molecule has 1 atom stereocenters. The summed E-state index contributed by atoms with van der Waals surface area (Å²) in [7, 11) is 3.38. The number of piperazine rings is 1. The minimum atomic E-state index is -4.62. The third kappa shape index (κ3) is 5.83. The number of hydrogen-bond acceptors (Lipinski definition) is 4. The molecule has 1 fully saturated rings. The van der Waals surface area contributed by atoms with Crippen LogP contribution in [-0.4, -0.2) is 79.4 Å². The number of rotatable bonds is 5. The molecule has 0 radical (unpaired) electrons. The molecule has 1 aliphatic rings. The summed E-state index contributed by atoms with van der Waals surface area (Å²) in [5.74, 6) is -0.521. The first-order chi connectivity index (χ1) is 13.0. The van der Waals surface area contributed by atoms with Gasteiger partial charge in [-0.3, -0.25) is 19.4 Å². The number of carbonyl (C=O) groups excluding carboxylic acids is 2. The first-order valence-corrected chi connectivity index (χ1v) is 9.21. The van der Waals surface area contributed by atoms with E-state index < -0.39 is 23.7 Å². The van der Waals surface area contributed by atoms with Crippen LogP contribution in [0, 0.1) is 0 Å². The lowest BCUT2D eigenvalue weighted by Gasteiger charge is -2.37. The highest BCUT2D eigenvalue weighted by Crippen LogP contribution is 2.36. The molecule has 2 amide bonds. The van der Waals surface area contributed by atoms with Gasteiger partial charge in [0.05, 0.1) is 23.8 Å². The van der Waals surface area contributed by atoms with Crippen molar-refractivity contribution >= 4 is 29.1 Å². The van der Waals surface area contributed by atoms with E-state index in [2.05, 4.69) is 5.32 Å². The van der Waals surface area contributed by atoms with Crippen LogP contribution in [0.1, 0.15) is 12.5 Å². The van der Waals surface area contributed by atoms with Crippen molar-refractivity contribution in [2.45, 2.75) is 19.1 Å². The van der Waals surface area contributed by atoms with Gasteiger partial charge in [0.15, 0.2) is 0 Å². The van der Waals surface area contributed by atoms with E-state index in [0.717, 1.165) is 12.1 Å². The molecule has 0 saturated carbocycles. The van der Waals surface area contributed by atoms with Crippen molar-refractivity contribution < 1.29 is 22.8 Å². The molecular formula is C18H24ClF3N4O2. The van der Waals surface area contributed by atoms with Crippen molar-refractivity contribution in [1.29, 1.82) is 0 Å². The van der Waals surface area contributed by atoms with Gasteiger partial charge in [0.25, 0.3) is 0 Å². The second kappa shape index (κ2) is 9.11. The number of carbonyl (C=O) groups is 2. The average Bonchev–Trinajstić information content (AvgIpc) is 2.62. The minimum absolute atomic E-state index is 0.00154. The average molecular weight is 421 g/mol. The molecule has 1 aromatic carbocycles. The molecule has 0 aromatic heterocycles. The van der Waals surface area contributed by atoms with E-state index in [1.165, 1.54) is 11.0 Å². The van der Waals surface area contributed by atoms with Crippen LogP contribution in [0.25, 0.3) is 0 Å². The lowest BCUT2D eigenvalue weighted by atomic mass is 10.1. The van der Waals surface area contributed by atoms with E-state index in [0.29, 0.717) is 32.7 Å². The number of alkyl halides is 3. The van der Waals surface area contributed by atoms with Gasteiger partial charge in [0.1, 0.15) is 0 Å². The Morgan fingerprint density at radius 1 is 1.21 bits per heavy atom. The van der Waals surface area contributed by atoms with Crippen molar-refractivity contribution in [3.05, 3.63) is 28.8 Å². The molecule has 1 aliphatic heterocycles. The fourth-order valence-corrected chi connectivity index (χ4v) is 3.08. The standard InChI is InChI=1S/C18H24ClF3N4O2/c1-12(26-8-6-25(7-9-26)11-16(27)24(2)3)17(28)23-15-5-4-13(19)10-14(15)18(20,21)22/h4-5,10,12H,6-9,11H2,1-3H3,(H,23,28)/t12-/m0/s1. The van der Waals surface area contributed by atoms with Gasteiger partial charge in [-0.1, -0.05) is 11.6 Å². The van der Waals surface area contributed by atoms with Gasteiger partial charge in [-0.2, -0.15) is 13.2 Å². The number of likely N-dealkylation sites (N-methyl/N-ethyl adjacent to an activating group) is 1. The SMILES string of the molecule is C[C@@H](C(=O)Nc1ccc(Cl)cc1C(F)(F)F)N1CCN(CC(=O)N(C)C)CC1.